The molecule has 1 atom stereocenters. The quantitative estimate of drug-likeness (QED) is 0.844. The number of amides is 1. The summed E-state index contributed by atoms with van der Waals surface area (Å²) in [6, 6.07) is 7.51. The van der Waals surface area contributed by atoms with E-state index in [0.717, 1.165) is 16.7 Å². The SMILES string of the molecule is COc1ccc2nc(Br)c(OC3CCN(C(=O)O)C3)cc2c1. The Morgan fingerprint density at radius 1 is 1.45 bits per heavy atom. The summed E-state index contributed by atoms with van der Waals surface area (Å²) in [5.74, 6) is 1.36. The van der Waals surface area contributed by atoms with Gasteiger partial charge in [-0.2, -0.15) is 0 Å². The van der Waals surface area contributed by atoms with Gasteiger partial charge in [0.05, 0.1) is 19.2 Å². The average Bonchev–Trinajstić information content (AvgIpc) is 2.96. The number of halogens is 1. The summed E-state index contributed by atoms with van der Waals surface area (Å²) in [5, 5.41) is 9.89. The van der Waals surface area contributed by atoms with E-state index in [0.29, 0.717) is 29.9 Å². The lowest BCUT2D eigenvalue weighted by molar-refractivity contribution is 0.145. The number of carboxylic acid groups (broad SMARTS) is 1. The van der Waals surface area contributed by atoms with Gasteiger partial charge in [0.1, 0.15) is 16.5 Å². The second kappa shape index (κ2) is 6.00. The highest BCUT2D eigenvalue weighted by molar-refractivity contribution is 9.10. The third kappa shape index (κ3) is 2.94. The van der Waals surface area contributed by atoms with E-state index in [1.165, 1.54) is 4.90 Å². The Morgan fingerprint density at radius 2 is 2.27 bits per heavy atom. The normalized spacial score (nSPS) is 17.7. The van der Waals surface area contributed by atoms with Crippen LogP contribution in [0.3, 0.4) is 0 Å². The number of pyridine rings is 1. The molecule has 0 radical (unpaired) electrons. The highest BCUT2D eigenvalue weighted by atomic mass is 79.9. The van der Waals surface area contributed by atoms with E-state index < -0.39 is 6.09 Å². The molecular formula is C15H15BrN2O4. The molecule has 22 heavy (non-hydrogen) atoms. The van der Waals surface area contributed by atoms with E-state index in [-0.39, 0.29) is 6.10 Å². The minimum absolute atomic E-state index is 0.155. The van der Waals surface area contributed by atoms with Gasteiger partial charge in [0, 0.05) is 18.4 Å². The number of benzene rings is 1. The smallest absolute Gasteiger partial charge is 0.407 e. The van der Waals surface area contributed by atoms with Gasteiger partial charge in [-0.05, 0) is 40.2 Å². The molecule has 1 amide bonds. The lowest BCUT2D eigenvalue weighted by Crippen LogP contribution is -2.29. The third-order valence-electron chi connectivity index (χ3n) is 3.65. The van der Waals surface area contributed by atoms with E-state index in [9.17, 15) is 4.79 Å². The zero-order chi connectivity index (χ0) is 15.7. The van der Waals surface area contributed by atoms with Crippen LogP contribution in [-0.4, -0.2) is 47.4 Å². The molecule has 1 aliphatic rings. The number of carbonyl (C=O) groups is 1. The van der Waals surface area contributed by atoms with E-state index in [1.54, 1.807) is 7.11 Å². The summed E-state index contributed by atoms with van der Waals surface area (Å²) in [5.41, 5.74) is 0.832. The summed E-state index contributed by atoms with van der Waals surface area (Å²) >= 11 is 3.41. The standard InChI is InChI=1S/C15H15BrN2O4/c1-21-10-2-3-12-9(6-10)7-13(14(16)17-12)22-11-4-5-18(8-11)15(19)20/h2-3,6-7,11H,4-5,8H2,1H3,(H,19,20). The van der Waals surface area contributed by atoms with Gasteiger partial charge in [0.15, 0.2) is 5.75 Å². The number of aromatic nitrogens is 1. The van der Waals surface area contributed by atoms with Crippen LogP contribution in [0.25, 0.3) is 10.9 Å². The molecular weight excluding hydrogens is 352 g/mol. The fourth-order valence-corrected chi connectivity index (χ4v) is 2.90. The molecule has 0 saturated carbocycles. The van der Waals surface area contributed by atoms with Crippen LogP contribution in [0.1, 0.15) is 6.42 Å². The van der Waals surface area contributed by atoms with Crippen LogP contribution in [0.15, 0.2) is 28.9 Å². The van der Waals surface area contributed by atoms with Crippen LogP contribution < -0.4 is 9.47 Å². The Hall–Kier alpha value is -2.02. The Morgan fingerprint density at radius 3 is 2.95 bits per heavy atom. The van der Waals surface area contributed by atoms with Crippen molar-refractivity contribution in [3.05, 3.63) is 28.9 Å². The third-order valence-corrected chi connectivity index (χ3v) is 4.22. The minimum atomic E-state index is -0.911. The number of rotatable bonds is 3. The molecule has 1 aromatic heterocycles. The largest absolute Gasteiger partial charge is 0.497 e. The Labute approximate surface area is 135 Å². The predicted octanol–water partition coefficient (Wildman–Crippen LogP) is 3.14. The number of methoxy groups -OCH3 is 1. The first-order valence-corrected chi connectivity index (χ1v) is 7.65. The van der Waals surface area contributed by atoms with Crippen molar-refractivity contribution in [1.82, 2.24) is 9.88 Å². The molecule has 2 aromatic rings. The van der Waals surface area contributed by atoms with Crippen LogP contribution in [0.2, 0.25) is 0 Å². The number of nitrogens with zero attached hydrogens (tertiary/aromatic N) is 2. The van der Waals surface area contributed by atoms with Gasteiger partial charge >= 0.3 is 6.09 Å². The topological polar surface area (TPSA) is 71.9 Å². The van der Waals surface area contributed by atoms with Gasteiger partial charge in [-0.15, -0.1) is 0 Å². The fourth-order valence-electron chi connectivity index (χ4n) is 2.50. The summed E-state index contributed by atoms with van der Waals surface area (Å²) in [6.45, 7) is 0.865. The Balaban J connectivity index is 1.84. The van der Waals surface area contributed by atoms with Crippen LogP contribution in [0.4, 0.5) is 4.79 Å². The molecule has 1 aromatic carbocycles. The maximum absolute atomic E-state index is 10.9. The van der Waals surface area contributed by atoms with E-state index in [2.05, 4.69) is 20.9 Å². The molecule has 3 rings (SSSR count). The Bertz CT molecular complexity index is 722. The number of likely N-dealkylation sites (tertiary alicyclic amines) is 1. The Kier molecular flexibility index (Phi) is 4.06. The minimum Gasteiger partial charge on any atom is -0.497 e. The second-order valence-electron chi connectivity index (χ2n) is 5.09. The average molecular weight is 367 g/mol. The molecule has 1 saturated heterocycles. The predicted molar refractivity (Wildman–Crippen MR) is 84.6 cm³/mol. The maximum Gasteiger partial charge on any atom is 0.407 e. The first-order valence-electron chi connectivity index (χ1n) is 6.85. The van der Waals surface area contributed by atoms with Gasteiger partial charge in [-0.3, -0.25) is 0 Å². The molecule has 0 spiro atoms. The molecule has 1 N–H and O–H groups in total. The monoisotopic (exact) mass is 366 g/mol. The number of hydrogen-bond donors (Lipinski definition) is 1. The lowest BCUT2D eigenvalue weighted by Gasteiger charge is -2.16. The van der Waals surface area contributed by atoms with Crippen molar-refractivity contribution >= 4 is 32.9 Å². The zero-order valence-corrected chi connectivity index (χ0v) is 13.5. The summed E-state index contributed by atoms with van der Waals surface area (Å²) in [4.78, 5) is 16.8. The van der Waals surface area contributed by atoms with Gasteiger partial charge in [0.25, 0.3) is 0 Å². The molecule has 0 aliphatic carbocycles. The maximum atomic E-state index is 10.9. The van der Waals surface area contributed by atoms with E-state index in [1.807, 2.05) is 24.3 Å². The van der Waals surface area contributed by atoms with Crippen LogP contribution >= 0.6 is 15.9 Å². The van der Waals surface area contributed by atoms with Gasteiger partial charge in [-0.1, -0.05) is 0 Å². The lowest BCUT2D eigenvalue weighted by atomic mass is 10.2. The number of ether oxygens (including phenoxy) is 2. The molecule has 2 heterocycles. The van der Waals surface area contributed by atoms with Crippen molar-refractivity contribution in [1.29, 1.82) is 0 Å². The molecule has 1 aliphatic heterocycles. The van der Waals surface area contributed by atoms with Crippen molar-refractivity contribution in [2.24, 2.45) is 0 Å². The fraction of sp³-hybridized carbons (Fsp3) is 0.333. The van der Waals surface area contributed by atoms with E-state index >= 15 is 0 Å². The highest BCUT2D eigenvalue weighted by Gasteiger charge is 2.27. The zero-order valence-electron chi connectivity index (χ0n) is 12.0. The molecule has 1 fully saturated rings. The van der Waals surface area contributed by atoms with Crippen LogP contribution in [0, 0.1) is 0 Å². The summed E-state index contributed by atoms with van der Waals surface area (Å²) in [7, 11) is 1.61. The second-order valence-corrected chi connectivity index (χ2v) is 5.84. The van der Waals surface area contributed by atoms with Crippen molar-refractivity contribution < 1.29 is 19.4 Å². The summed E-state index contributed by atoms with van der Waals surface area (Å²) < 4.78 is 11.7. The molecule has 0 bridgehead atoms. The molecule has 7 heteroatoms. The van der Waals surface area contributed by atoms with Gasteiger partial charge in [0.2, 0.25) is 0 Å². The van der Waals surface area contributed by atoms with Gasteiger partial charge in [-0.25, -0.2) is 9.78 Å². The van der Waals surface area contributed by atoms with Gasteiger partial charge < -0.3 is 19.5 Å². The highest BCUT2D eigenvalue weighted by Crippen LogP contribution is 2.31. The van der Waals surface area contributed by atoms with Crippen LogP contribution in [-0.2, 0) is 0 Å². The molecule has 116 valence electrons. The van der Waals surface area contributed by atoms with E-state index in [4.69, 9.17) is 14.6 Å². The first-order chi connectivity index (χ1) is 10.6. The number of fused-ring (bicyclic) bond motifs is 1. The summed E-state index contributed by atoms with van der Waals surface area (Å²) in [6.07, 6.45) is -0.390. The van der Waals surface area contributed by atoms with Crippen molar-refractivity contribution in [2.75, 3.05) is 20.2 Å². The number of hydrogen-bond acceptors (Lipinski definition) is 4. The van der Waals surface area contributed by atoms with Crippen molar-refractivity contribution in [3.63, 3.8) is 0 Å². The molecule has 1 unspecified atom stereocenters. The first kappa shape index (κ1) is 14.9. The molecule has 6 nitrogen and oxygen atoms in total. The van der Waals surface area contributed by atoms with Crippen LogP contribution in [0.5, 0.6) is 11.5 Å². The van der Waals surface area contributed by atoms with Crippen molar-refractivity contribution in [2.45, 2.75) is 12.5 Å². The van der Waals surface area contributed by atoms with Crippen molar-refractivity contribution in [3.8, 4) is 11.5 Å².